The number of carbonyl (C=O) groups is 2. The maximum Gasteiger partial charge on any atom is 0.255 e. The van der Waals surface area contributed by atoms with Crippen LogP contribution in [-0.4, -0.2) is 41.3 Å². The molecule has 6 heteroatoms. The summed E-state index contributed by atoms with van der Waals surface area (Å²) in [5.74, 6) is 0.243. The second-order valence-electron chi connectivity index (χ2n) is 8.79. The van der Waals surface area contributed by atoms with Crippen LogP contribution in [0.1, 0.15) is 34.8 Å². The summed E-state index contributed by atoms with van der Waals surface area (Å²) in [4.78, 5) is 32.3. The molecule has 1 atom stereocenters. The van der Waals surface area contributed by atoms with Gasteiger partial charge in [-0.15, -0.1) is 0 Å². The lowest BCUT2D eigenvalue weighted by Crippen LogP contribution is -2.45. The normalized spacial score (nSPS) is 17.7. The van der Waals surface area contributed by atoms with Crippen molar-refractivity contribution in [3.8, 4) is 11.1 Å². The number of nitrogen functional groups attached to an aromatic ring is 1. The SMILES string of the molecule is CCNC(=O)C1(Cc2ccccc2-c2cccc(C)c2)CCN(C(=O)c2ccc(N)nc2)C1. The van der Waals surface area contributed by atoms with Gasteiger partial charge in [0.1, 0.15) is 5.82 Å². The number of amides is 2. The van der Waals surface area contributed by atoms with E-state index in [0.717, 1.165) is 16.7 Å². The summed E-state index contributed by atoms with van der Waals surface area (Å²) < 4.78 is 0. The van der Waals surface area contributed by atoms with E-state index in [1.807, 2.05) is 19.1 Å². The van der Waals surface area contributed by atoms with E-state index in [1.54, 1.807) is 17.0 Å². The van der Waals surface area contributed by atoms with Crippen LogP contribution >= 0.6 is 0 Å². The maximum atomic E-state index is 13.3. The highest BCUT2D eigenvalue weighted by molar-refractivity contribution is 5.95. The van der Waals surface area contributed by atoms with Crippen LogP contribution in [0.5, 0.6) is 0 Å². The average Bonchev–Trinajstić information content (AvgIpc) is 3.25. The summed E-state index contributed by atoms with van der Waals surface area (Å²) >= 11 is 0. The van der Waals surface area contributed by atoms with Gasteiger partial charge in [0.05, 0.1) is 11.0 Å². The van der Waals surface area contributed by atoms with Gasteiger partial charge in [0, 0.05) is 25.8 Å². The molecule has 1 aromatic heterocycles. The van der Waals surface area contributed by atoms with Crippen molar-refractivity contribution in [1.29, 1.82) is 0 Å². The van der Waals surface area contributed by atoms with Crippen LogP contribution in [-0.2, 0) is 11.2 Å². The first kappa shape index (κ1) is 22.5. The number of aromatic nitrogens is 1. The van der Waals surface area contributed by atoms with Crippen LogP contribution in [0, 0.1) is 12.3 Å². The molecule has 2 amide bonds. The molecule has 1 aliphatic heterocycles. The second kappa shape index (κ2) is 9.45. The van der Waals surface area contributed by atoms with Gasteiger partial charge >= 0.3 is 0 Å². The van der Waals surface area contributed by atoms with Crippen LogP contribution in [0.25, 0.3) is 11.1 Å². The predicted molar refractivity (Wildman–Crippen MR) is 131 cm³/mol. The molecule has 1 saturated heterocycles. The molecule has 3 aromatic rings. The third kappa shape index (κ3) is 4.75. The minimum atomic E-state index is -0.688. The molecule has 1 fully saturated rings. The number of nitrogens with one attached hydrogen (secondary N) is 1. The zero-order chi connectivity index (χ0) is 23.4. The summed E-state index contributed by atoms with van der Waals surface area (Å²) in [6.45, 7) is 5.44. The summed E-state index contributed by atoms with van der Waals surface area (Å²) in [5.41, 5.74) is 10.0. The number of rotatable bonds is 6. The Morgan fingerprint density at radius 1 is 1.12 bits per heavy atom. The van der Waals surface area contributed by atoms with Crippen LogP contribution < -0.4 is 11.1 Å². The third-order valence-corrected chi connectivity index (χ3v) is 6.37. The highest BCUT2D eigenvalue weighted by Gasteiger charge is 2.46. The average molecular weight is 443 g/mol. The summed E-state index contributed by atoms with van der Waals surface area (Å²) in [5, 5.41) is 3.02. The Bertz CT molecular complexity index is 1160. The van der Waals surface area contributed by atoms with Crippen molar-refractivity contribution < 1.29 is 9.59 Å². The number of aryl methyl sites for hydroxylation is 1. The molecule has 170 valence electrons. The molecule has 0 saturated carbocycles. The van der Waals surface area contributed by atoms with E-state index in [4.69, 9.17) is 5.73 Å². The molecule has 1 unspecified atom stereocenters. The smallest absolute Gasteiger partial charge is 0.255 e. The molecule has 3 N–H and O–H groups in total. The van der Waals surface area contributed by atoms with Crippen LogP contribution in [0.3, 0.4) is 0 Å². The highest BCUT2D eigenvalue weighted by atomic mass is 16.2. The van der Waals surface area contributed by atoms with Crippen LogP contribution in [0.15, 0.2) is 66.9 Å². The summed E-state index contributed by atoms with van der Waals surface area (Å²) in [6.07, 6.45) is 2.67. The molecular formula is C27H30N4O2. The van der Waals surface area contributed by atoms with Gasteiger partial charge in [0.25, 0.3) is 5.91 Å². The Balaban J connectivity index is 1.65. The summed E-state index contributed by atoms with van der Waals surface area (Å²) in [6, 6.07) is 19.9. The number of anilines is 1. The minimum absolute atomic E-state index is 0.00484. The molecule has 2 aromatic carbocycles. The second-order valence-corrected chi connectivity index (χ2v) is 8.79. The van der Waals surface area contributed by atoms with Crippen molar-refractivity contribution in [3.63, 3.8) is 0 Å². The van der Waals surface area contributed by atoms with E-state index in [2.05, 4.69) is 53.6 Å². The van der Waals surface area contributed by atoms with Gasteiger partial charge in [0.15, 0.2) is 0 Å². The van der Waals surface area contributed by atoms with E-state index in [0.29, 0.717) is 43.9 Å². The third-order valence-electron chi connectivity index (χ3n) is 6.37. The zero-order valence-electron chi connectivity index (χ0n) is 19.2. The van der Waals surface area contributed by atoms with Crippen molar-refractivity contribution in [2.24, 2.45) is 5.41 Å². The first-order chi connectivity index (χ1) is 15.9. The molecule has 6 nitrogen and oxygen atoms in total. The Kier molecular flexibility index (Phi) is 6.45. The van der Waals surface area contributed by atoms with Gasteiger partial charge in [-0.3, -0.25) is 9.59 Å². The molecule has 0 aliphatic carbocycles. The van der Waals surface area contributed by atoms with Crippen molar-refractivity contribution >= 4 is 17.6 Å². The van der Waals surface area contributed by atoms with Crippen molar-refractivity contribution in [1.82, 2.24) is 15.2 Å². The van der Waals surface area contributed by atoms with Gasteiger partial charge in [-0.1, -0.05) is 54.1 Å². The zero-order valence-corrected chi connectivity index (χ0v) is 19.2. The number of carbonyl (C=O) groups excluding carboxylic acids is 2. The first-order valence-electron chi connectivity index (χ1n) is 11.4. The Labute approximate surface area is 194 Å². The van der Waals surface area contributed by atoms with Gasteiger partial charge in [0.2, 0.25) is 5.91 Å². The number of nitrogens with two attached hydrogens (primary N) is 1. The van der Waals surface area contributed by atoms with E-state index in [9.17, 15) is 9.59 Å². The number of likely N-dealkylation sites (tertiary alicyclic amines) is 1. The number of benzene rings is 2. The molecule has 1 aliphatic rings. The van der Waals surface area contributed by atoms with E-state index in [1.165, 1.54) is 11.8 Å². The minimum Gasteiger partial charge on any atom is -0.384 e. The fraction of sp³-hybridized carbons (Fsp3) is 0.296. The largest absolute Gasteiger partial charge is 0.384 e. The fourth-order valence-electron chi connectivity index (χ4n) is 4.65. The molecule has 0 spiro atoms. The van der Waals surface area contributed by atoms with E-state index in [-0.39, 0.29) is 11.8 Å². The van der Waals surface area contributed by atoms with Crippen LogP contribution in [0.2, 0.25) is 0 Å². The van der Waals surface area contributed by atoms with Gasteiger partial charge < -0.3 is 16.0 Å². The summed E-state index contributed by atoms with van der Waals surface area (Å²) in [7, 11) is 0. The van der Waals surface area contributed by atoms with Crippen molar-refractivity contribution in [2.45, 2.75) is 26.7 Å². The monoisotopic (exact) mass is 442 g/mol. The van der Waals surface area contributed by atoms with Crippen molar-refractivity contribution in [2.75, 3.05) is 25.4 Å². The van der Waals surface area contributed by atoms with Gasteiger partial charge in [-0.2, -0.15) is 0 Å². The highest BCUT2D eigenvalue weighted by Crippen LogP contribution is 2.38. The molecule has 4 rings (SSSR count). The number of nitrogens with zero attached hydrogens (tertiary/aromatic N) is 2. The molecule has 0 bridgehead atoms. The molecule has 33 heavy (non-hydrogen) atoms. The predicted octanol–water partition coefficient (Wildman–Crippen LogP) is 3.85. The Morgan fingerprint density at radius 2 is 1.94 bits per heavy atom. The van der Waals surface area contributed by atoms with Crippen LogP contribution in [0.4, 0.5) is 5.82 Å². The Morgan fingerprint density at radius 3 is 2.67 bits per heavy atom. The fourth-order valence-corrected chi connectivity index (χ4v) is 4.65. The Hall–Kier alpha value is -3.67. The lowest BCUT2D eigenvalue weighted by atomic mass is 9.78. The topological polar surface area (TPSA) is 88.3 Å². The standard InChI is InChI=1S/C27H30N4O2/c1-3-29-26(33)27(13-14-31(18-27)25(32)22-11-12-24(28)30-17-22)16-21-8-4-5-10-23(21)20-9-6-7-19(2)15-20/h4-12,15,17H,3,13-14,16,18H2,1-2H3,(H2,28,30)(H,29,33). The quantitative estimate of drug-likeness (QED) is 0.607. The first-order valence-corrected chi connectivity index (χ1v) is 11.4. The molecular weight excluding hydrogens is 412 g/mol. The number of hydrogen-bond acceptors (Lipinski definition) is 4. The van der Waals surface area contributed by atoms with E-state index < -0.39 is 5.41 Å². The lowest BCUT2D eigenvalue weighted by Gasteiger charge is -2.29. The van der Waals surface area contributed by atoms with Gasteiger partial charge in [-0.25, -0.2) is 4.98 Å². The van der Waals surface area contributed by atoms with Crippen molar-refractivity contribution in [3.05, 3.63) is 83.6 Å². The lowest BCUT2D eigenvalue weighted by molar-refractivity contribution is -0.130. The molecule has 0 radical (unpaired) electrons. The maximum absolute atomic E-state index is 13.3. The molecule has 2 heterocycles. The van der Waals surface area contributed by atoms with E-state index >= 15 is 0 Å². The number of pyridine rings is 1. The number of hydrogen-bond donors (Lipinski definition) is 2. The van der Waals surface area contributed by atoms with Gasteiger partial charge in [-0.05, 0) is 55.5 Å².